The normalized spacial score (nSPS) is 11.9. The number of carboxylic acid groups (broad SMARTS) is 4. The third-order valence-electron chi connectivity index (χ3n) is 1.31. The van der Waals surface area contributed by atoms with Gasteiger partial charge in [0.25, 0.3) is 0 Å². The summed E-state index contributed by atoms with van der Waals surface area (Å²) in [6.07, 6.45) is -1.63. The number of carboxylic acids is 4. The Bertz CT molecular complexity index is 312. The molecule has 0 spiro atoms. The molecule has 0 aromatic carbocycles. The van der Waals surface area contributed by atoms with Crippen LogP contribution in [-0.4, -0.2) is 36.0 Å². The molecule has 0 saturated heterocycles. The predicted molar refractivity (Wildman–Crippen MR) is 47.7 cm³/mol. The van der Waals surface area contributed by atoms with E-state index in [1.54, 1.807) is 0 Å². The van der Waals surface area contributed by atoms with Gasteiger partial charge in [0.15, 0.2) is 0 Å². The van der Waals surface area contributed by atoms with Crippen molar-refractivity contribution in [1.82, 2.24) is 0 Å². The van der Waals surface area contributed by atoms with E-state index in [9.17, 15) is 39.6 Å². The van der Waals surface area contributed by atoms with Crippen molar-refractivity contribution in [2.75, 3.05) is 0 Å². The smallest absolute Gasteiger partial charge is 0.670 e. The molecule has 0 rings (SSSR count). The molecule has 0 amide bonds. The summed E-state index contributed by atoms with van der Waals surface area (Å²) < 4.78 is 0. The largest absolute Gasteiger partial charge is 4.00 e. The van der Waals surface area contributed by atoms with Crippen molar-refractivity contribution >= 4 is 23.9 Å². The third kappa shape index (κ3) is 16.3. The zero-order valence-corrected chi connectivity index (χ0v) is 10.3. The van der Waals surface area contributed by atoms with Gasteiger partial charge in [-0.2, -0.15) is 0 Å². The molecule has 0 bridgehead atoms. The van der Waals surface area contributed by atoms with Crippen LogP contribution in [0.25, 0.3) is 11.5 Å². The van der Waals surface area contributed by atoms with Gasteiger partial charge in [-0.25, -0.2) is 0 Å². The van der Waals surface area contributed by atoms with Gasteiger partial charge in [0.1, 0.15) is 0 Å². The molecule has 2 N–H and O–H groups in total. The van der Waals surface area contributed by atoms with Crippen molar-refractivity contribution in [2.45, 2.75) is 24.9 Å². The van der Waals surface area contributed by atoms with E-state index in [2.05, 4.69) is 0 Å². The number of hydrogen-bond donors (Lipinski definition) is 0. The Hall–Kier alpha value is -1.68. The summed E-state index contributed by atoms with van der Waals surface area (Å²) in [5, 5.41) is 38.5. The van der Waals surface area contributed by atoms with Gasteiger partial charge in [-0.1, -0.05) is 12.1 Å². The van der Waals surface area contributed by atoms with E-state index in [1.165, 1.54) is 0 Å². The van der Waals surface area contributed by atoms with Crippen LogP contribution in [0.1, 0.15) is 15.7 Å². The maximum atomic E-state index is 9.65. The molecule has 19 heavy (non-hydrogen) atoms. The fourth-order valence-corrected chi connectivity index (χ4v) is 0.500. The molecular formula is C8H10FeN2O8. The first kappa shape index (κ1) is 22.5. The Labute approximate surface area is 120 Å². The van der Waals surface area contributed by atoms with Crippen LogP contribution in [0.5, 0.6) is 0 Å². The van der Waals surface area contributed by atoms with Gasteiger partial charge in [0.05, 0.1) is 0 Å². The average molecular weight is 318 g/mol. The van der Waals surface area contributed by atoms with E-state index in [0.717, 1.165) is 0 Å². The minimum absolute atomic E-state index is 0. The molecule has 0 aliphatic rings. The minimum atomic E-state index is -1.71. The van der Waals surface area contributed by atoms with Gasteiger partial charge >= 0.3 is 19.9 Å². The van der Waals surface area contributed by atoms with E-state index in [-0.39, 0.29) is 19.9 Å². The number of carbonyl (C=O) groups is 4. The average Bonchev–Trinajstić information content (AvgIpc) is 2.16. The second kappa shape index (κ2) is 11.4. The van der Waals surface area contributed by atoms with E-state index in [4.69, 9.17) is 11.5 Å². The maximum Gasteiger partial charge on any atom is 4.00 e. The summed E-state index contributed by atoms with van der Waals surface area (Å²) in [5.74, 6) is -6.50. The van der Waals surface area contributed by atoms with E-state index >= 15 is 0 Å². The van der Waals surface area contributed by atoms with Crippen LogP contribution >= 0.6 is 0 Å². The summed E-state index contributed by atoms with van der Waals surface area (Å²) in [4.78, 5) is 38.5. The number of nitrogens with one attached hydrogen (secondary N) is 2. The van der Waals surface area contributed by atoms with Crippen LogP contribution < -0.4 is 20.4 Å². The molecule has 10 nitrogen and oxygen atoms in total. The van der Waals surface area contributed by atoms with E-state index in [1.807, 2.05) is 0 Å². The number of carbonyl (C=O) groups excluding carboxylic acids is 4. The van der Waals surface area contributed by atoms with Crippen molar-refractivity contribution in [3.63, 3.8) is 0 Å². The molecule has 2 unspecified atom stereocenters. The summed E-state index contributed by atoms with van der Waals surface area (Å²) >= 11 is 0. The van der Waals surface area contributed by atoms with Crippen molar-refractivity contribution < 1.29 is 59.5 Å². The van der Waals surface area contributed by atoms with Crippen LogP contribution in [0, 0.1) is 0 Å². The Morgan fingerprint density at radius 3 is 1.05 bits per heavy atom. The number of hydrogen-bond acceptors (Lipinski definition) is 8. The Kier molecular flexibility index (Phi) is 13.5. The second-order valence-electron chi connectivity index (χ2n) is 2.90. The monoisotopic (exact) mass is 318 g/mol. The first-order valence-electron chi connectivity index (χ1n) is 4.31. The Morgan fingerprint density at radius 1 is 0.789 bits per heavy atom. The fraction of sp³-hybridized carbons (Fsp3) is 0.500. The Morgan fingerprint density at radius 2 is 1.00 bits per heavy atom. The van der Waals surface area contributed by atoms with Gasteiger partial charge in [0, 0.05) is 23.9 Å². The molecule has 0 heterocycles. The molecule has 0 radical (unpaired) electrons. The van der Waals surface area contributed by atoms with Crippen LogP contribution in [0.2, 0.25) is 0 Å². The van der Waals surface area contributed by atoms with Crippen molar-refractivity contribution in [3.8, 4) is 0 Å². The van der Waals surface area contributed by atoms with Crippen molar-refractivity contribution in [1.29, 1.82) is 0 Å². The molecule has 0 aromatic rings. The van der Waals surface area contributed by atoms with Gasteiger partial charge in [-0.15, -0.1) is 0 Å². The number of aliphatic carboxylic acids is 4. The first-order valence-corrected chi connectivity index (χ1v) is 4.31. The molecule has 0 saturated carbocycles. The molecule has 2 atom stereocenters. The van der Waals surface area contributed by atoms with Crippen molar-refractivity contribution in [2.24, 2.45) is 0 Å². The van der Waals surface area contributed by atoms with Gasteiger partial charge < -0.3 is 51.1 Å². The SMILES string of the molecule is [Fe+4].[H+].[H+].[NH-]C(CC(=O)[O-])C(=O)[O-].[NH-]C(CC(=O)[O-])C(=O)[O-]. The first-order chi connectivity index (χ1) is 8.07. The second-order valence-corrected chi connectivity index (χ2v) is 2.90. The number of rotatable bonds is 6. The molecule has 0 fully saturated rings. The molecule has 0 aliphatic carbocycles. The van der Waals surface area contributed by atoms with Crippen LogP contribution in [-0.2, 0) is 36.2 Å². The quantitative estimate of drug-likeness (QED) is 0.431. The molecule has 108 valence electrons. The minimum Gasteiger partial charge on any atom is -0.670 e. The fourth-order valence-electron chi connectivity index (χ4n) is 0.500. The molecular weight excluding hydrogens is 308 g/mol. The van der Waals surface area contributed by atoms with Gasteiger partial charge in [-0.3, -0.25) is 0 Å². The third-order valence-corrected chi connectivity index (χ3v) is 1.31. The predicted octanol–water partition coefficient (Wildman–Crippen LogP) is -5.18. The van der Waals surface area contributed by atoms with Crippen molar-refractivity contribution in [3.05, 3.63) is 11.5 Å². The maximum absolute atomic E-state index is 9.65. The molecule has 11 heteroatoms. The summed E-state index contributed by atoms with van der Waals surface area (Å²) in [7, 11) is 0. The molecule has 0 aliphatic heterocycles. The Balaban J connectivity index is -0.0000000711. The molecule has 0 aromatic heterocycles. The van der Waals surface area contributed by atoms with E-state index in [0.29, 0.717) is 0 Å². The van der Waals surface area contributed by atoms with Crippen LogP contribution in [0.3, 0.4) is 0 Å². The van der Waals surface area contributed by atoms with Gasteiger partial charge in [-0.05, 0) is 12.8 Å². The van der Waals surface area contributed by atoms with Crippen LogP contribution in [0.4, 0.5) is 0 Å². The van der Waals surface area contributed by atoms with Gasteiger partial charge in [0.2, 0.25) is 0 Å². The summed E-state index contributed by atoms with van der Waals surface area (Å²) in [6.45, 7) is 0. The van der Waals surface area contributed by atoms with E-state index < -0.39 is 48.8 Å². The standard InChI is InChI=1S/2C4H6NO4.Fe/c2*5-2(4(8)9)1-3(6)7;/h2*2,5H,1H2,(H,6,7)(H,8,9);/q2*-1;+4/p-2. The topological polar surface area (TPSA) is 208 Å². The summed E-state index contributed by atoms with van der Waals surface area (Å²) in [5.41, 5.74) is 12.9. The summed E-state index contributed by atoms with van der Waals surface area (Å²) in [6, 6.07) is -3.43. The zero-order valence-electron chi connectivity index (χ0n) is 11.2. The van der Waals surface area contributed by atoms with Crippen LogP contribution in [0.15, 0.2) is 0 Å². The zero-order chi connectivity index (χ0) is 14.9.